The van der Waals surface area contributed by atoms with Crippen molar-refractivity contribution in [2.75, 3.05) is 31.1 Å². The Morgan fingerprint density at radius 2 is 1.76 bits per heavy atom. The minimum Gasteiger partial charge on any atom is -0.340 e. The fourth-order valence-electron chi connectivity index (χ4n) is 4.89. The molecule has 0 saturated carbocycles. The number of amides is 1. The first kappa shape index (κ1) is 22.7. The number of fused-ring (bicyclic) bond motifs is 3. The molecule has 0 aliphatic carbocycles. The van der Waals surface area contributed by atoms with Crippen LogP contribution >= 0.6 is 0 Å². The first-order chi connectivity index (χ1) is 18.1. The molecule has 0 spiro atoms. The van der Waals surface area contributed by atoms with Crippen LogP contribution in [0.4, 0.5) is 5.95 Å². The molecule has 1 fully saturated rings. The van der Waals surface area contributed by atoms with Gasteiger partial charge < -0.3 is 9.80 Å². The number of nitrogens with zero attached hydrogens (tertiary/aromatic N) is 7. The van der Waals surface area contributed by atoms with Crippen LogP contribution in [0.1, 0.15) is 27.9 Å². The monoisotopic (exact) mass is 487 g/mol. The van der Waals surface area contributed by atoms with Gasteiger partial charge in [0.1, 0.15) is 0 Å². The Bertz CT molecular complexity index is 1670. The van der Waals surface area contributed by atoms with Crippen molar-refractivity contribution in [3.05, 3.63) is 89.5 Å². The Morgan fingerprint density at radius 3 is 2.59 bits per heavy atom. The normalized spacial score (nSPS) is 14.1. The molecule has 5 aromatic rings. The van der Waals surface area contributed by atoms with Gasteiger partial charge in [-0.3, -0.25) is 4.79 Å². The molecule has 0 bridgehead atoms. The molecule has 8 heteroatoms. The van der Waals surface area contributed by atoms with Crippen molar-refractivity contribution in [3.8, 4) is 17.5 Å². The van der Waals surface area contributed by atoms with E-state index in [0.29, 0.717) is 30.8 Å². The molecule has 37 heavy (non-hydrogen) atoms. The maximum atomic E-state index is 13.2. The number of carbonyl (C=O) groups is 1. The van der Waals surface area contributed by atoms with Crippen molar-refractivity contribution in [1.29, 1.82) is 5.26 Å². The van der Waals surface area contributed by atoms with E-state index in [1.165, 1.54) is 5.56 Å². The molecule has 3 heterocycles. The summed E-state index contributed by atoms with van der Waals surface area (Å²) in [5.41, 5.74) is 4.81. The molecular formula is C29H25N7O. The van der Waals surface area contributed by atoms with E-state index in [9.17, 15) is 10.1 Å². The Balaban J connectivity index is 1.38. The van der Waals surface area contributed by atoms with Crippen molar-refractivity contribution in [1.82, 2.24) is 24.5 Å². The van der Waals surface area contributed by atoms with Gasteiger partial charge in [0.15, 0.2) is 11.5 Å². The van der Waals surface area contributed by atoms with Gasteiger partial charge in [0, 0.05) is 42.7 Å². The van der Waals surface area contributed by atoms with E-state index in [-0.39, 0.29) is 5.91 Å². The van der Waals surface area contributed by atoms with Gasteiger partial charge in [-0.25, -0.2) is 9.38 Å². The van der Waals surface area contributed by atoms with Crippen LogP contribution in [-0.4, -0.2) is 56.6 Å². The van der Waals surface area contributed by atoms with E-state index >= 15 is 0 Å². The van der Waals surface area contributed by atoms with Gasteiger partial charge in [-0.05, 0) is 43.7 Å². The first-order valence-corrected chi connectivity index (χ1v) is 12.4. The smallest absolute Gasteiger partial charge is 0.253 e. The van der Waals surface area contributed by atoms with Gasteiger partial charge >= 0.3 is 0 Å². The van der Waals surface area contributed by atoms with Crippen LogP contribution in [0, 0.1) is 18.3 Å². The quantitative estimate of drug-likeness (QED) is 0.373. The van der Waals surface area contributed by atoms with E-state index in [1.807, 2.05) is 33.6 Å². The number of anilines is 1. The summed E-state index contributed by atoms with van der Waals surface area (Å²) in [5.74, 6) is 1.46. The minimum atomic E-state index is -0.0554. The van der Waals surface area contributed by atoms with Crippen molar-refractivity contribution in [3.63, 3.8) is 0 Å². The van der Waals surface area contributed by atoms with Crippen LogP contribution in [0.25, 0.3) is 27.9 Å². The third-order valence-corrected chi connectivity index (χ3v) is 6.84. The number of rotatable bonds is 3. The van der Waals surface area contributed by atoms with E-state index in [1.54, 1.807) is 24.3 Å². The summed E-state index contributed by atoms with van der Waals surface area (Å²) in [4.78, 5) is 22.4. The highest BCUT2D eigenvalue weighted by molar-refractivity contribution is 5.95. The topological polar surface area (TPSA) is 90.4 Å². The molecule has 3 aromatic carbocycles. The highest BCUT2D eigenvalue weighted by atomic mass is 16.2. The Morgan fingerprint density at radius 1 is 0.919 bits per heavy atom. The van der Waals surface area contributed by atoms with Crippen LogP contribution in [0.2, 0.25) is 0 Å². The molecule has 1 aliphatic heterocycles. The molecule has 2 aromatic heterocycles. The van der Waals surface area contributed by atoms with Crippen LogP contribution < -0.4 is 4.90 Å². The van der Waals surface area contributed by atoms with Gasteiger partial charge in [-0.2, -0.15) is 5.26 Å². The standard InChI is InChI=1S/C29H25N7O/c1-20-10-12-22(13-11-20)26-32-33-27-24-8-2-3-9-25(24)31-29(36(26)27)35-15-5-14-34(16-17-35)28(37)23-7-4-6-21(18-23)19-30/h2-4,6-13,18H,5,14-17H2,1H3. The zero-order valence-electron chi connectivity index (χ0n) is 20.5. The second-order valence-corrected chi connectivity index (χ2v) is 9.30. The third-order valence-electron chi connectivity index (χ3n) is 6.84. The van der Waals surface area contributed by atoms with Crippen molar-refractivity contribution < 1.29 is 4.79 Å². The van der Waals surface area contributed by atoms with Gasteiger partial charge in [0.25, 0.3) is 5.91 Å². The molecular weight excluding hydrogens is 462 g/mol. The SMILES string of the molecule is Cc1ccc(-c2nnc3c4ccccc4nc(N4CCCN(C(=O)c5cccc(C#N)c5)CC4)n23)cc1. The zero-order chi connectivity index (χ0) is 25.4. The number of aromatic nitrogens is 4. The second kappa shape index (κ2) is 9.36. The molecule has 0 N–H and O–H groups in total. The van der Waals surface area contributed by atoms with Crippen LogP contribution in [0.3, 0.4) is 0 Å². The molecule has 6 rings (SSSR count). The van der Waals surface area contributed by atoms with Gasteiger partial charge in [-0.15, -0.1) is 10.2 Å². The number of hydrogen-bond donors (Lipinski definition) is 0. The van der Waals surface area contributed by atoms with Crippen LogP contribution in [-0.2, 0) is 0 Å². The number of benzene rings is 3. The van der Waals surface area contributed by atoms with Crippen LogP contribution in [0.5, 0.6) is 0 Å². The predicted molar refractivity (Wildman–Crippen MR) is 142 cm³/mol. The lowest BCUT2D eigenvalue weighted by Gasteiger charge is -2.24. The summed E-state index contributed by atoms with van der Waals surface area (Å²) < 4.78 is 2.04. The summed E-state index contributed by atoms with van der Waals surface area (Å²) in [7, 11) is 0. The van der Waals surface area contributed by atoms with E-state index in [2.05, 4.69) is 52.4 Å². The fraction of sp³-hybridized carbons (Fsp3) is 0.207. The van der Waals surface area contributed by atoms with Crippen LogP contribution in [0.15, 0.2) is 72.8 Å². The lowest BCUT2D eigenvalue weighted by Crippen LogP contribution is -2.36. The Hall–Kier alpha value is -4.77. The molecule has 0 atom stereocenters. The van der Waals surface area contributed by atoms with E-state index < -0.39 is 0 Å². The molecule has 1 amide bonds. The second-order valence-electron chi connectivity index (χ2n) is 9.30. The number of hydrogen-bond acceptors (Lipinski definition) is 6. The summed E-state index contributed by atoms with van der Waals surface area (Å²) in [6.07, 6.45) is 0.793. The highest BCUT2D eigenvalue weighted by Crippen LogP contribution is 2.29. The Kier molecular flexibility index (Phi) is 5.73. The fourth-order valence-corrected chi connectivity index (χ4v) is 4.89. The first-order valence-electron chi connectivity index (χ1n) is 12.4. The maximum absolute atomic E-state index is 13.2. The molecule has 1 saturated heterocycles. The third kappa shape index (κ3) is 4.15. The van der Waals surface area contributed by atoms with Gasteiger partial charge in [0.05, 0.1) is 17.1 Å². The van der Waals surface area contributed by atoms with Gasteiger partial charge in [-0.1, -0.05) is 48.0 Å². The molecule has 8 nitrogen and oxygen atoms in total. The highest BCUT2D eigenvalue weighted by Gasteiger charge is 2.25. The molecule has 182 valence electrons. The number of aryl methyl sites for hydroxylation is 1. The summed E-state index contributed by atoms with van der Waals surface area (Å²) in [5, 5.41) is 19.3. The van der Waals surface area contributed by atoms with Crippen molar-refractivity contribution in [2.24, 2.45) is 0 Å². The average molecular weight is 488 g/mol. The maximum Gasteiger partial charge on any atom is 0.253 e. The van der Waals surface area contributed by atoms with E-state index in [4.69, 9.17) is 4.98 Å². The predicted octanol–water partition coefficient (Wildman–Crippen LogP) is 4.48. The van der Waals surface area contributed by atoms with Crippen molar-refractivity contribution in [2.45, 2.75) is 13.3 Å². The summed E-state index contributed by atoms with van der Waals surface area (Å²) in [6, 6.07) is 25.2. The van der Waals surface area contributed by atoms with E-state index in [0.717, 1.165) is 46.9 Å². The lowest BCUT2D eigenvalue weighted by molar-refractivity contribution is 0.0767. The molecule has 0 unspecified atom stereocenters. The Labute approximate surface area is 214 Å². The lowest BCUT2D eigenvalue weighted by atomic mass is 10.1. The zero-order valence-corrected chi connectivity index (χ0v) is 20.5. The van der Waals surface area contributed by atoms with Gasteiger partial charge in [0.2, 0.25) is 5.95 Å². The number of nitriles is 1. The molecule has 1 aliphatic rings. The average Bonchev–Trinajstić information content (AvgIpc) is 3.24. The number of carbonyl (C=O) groups excluding carboxylic acids is 1. The summed E-state index contributed by atoms with van der Waals surface area (Å²) >= 11 is 0. The summed E-state index contributed by atoms with van der Waals surface area (Å²) in [6.45, 7) is 4.61. The van der Waals surface area contributed by atoms with Crippen molar-refractivity contribution >= 4 is 28.4 Å². The molecule has 0 radical (unpaired) electrons. The number of para-hydroxylation sites is 1. The minimum absolute atomic E-state index is 0.0554. The largest absolute Gasteiger partial charge is 0.340 e.